The molecule has 0 bridgehead atoms. The first-order valence-corrected chi connectivity index (χ1v) is 10.6. The van der Waals surface area contributed by atoms with Gasteiger partial charge in [-0.1, -0.05) is 61.0 Å². The third-order valence-electron chi connectivity index (χ3n) is 6.45. The third-order valence-corrected chi connectivity index (χ3v) is 6.95. The summed E-state index contributed by atoms with van der Waals surface area (Å²) in [7, 11) is 3.58. The number of ether oxygens (including phenoxy) is 2. The molecule has 2 nitrogen and oxygen atoms in total. The summed E-state index contributed by atoms with van der Waals surface area (Å²) in [4.78, 5) is 0. The first kappa shape index (κ1) is 20.6. The van der Waals surface area contributed by atoms with Gasteiger partial charge in [0.1, 0.15) is 0 Å². The second-order valence-electron chi connectivity index (χ2n) is 8.26. The Labute approximate surface area is 172 Å². The maximum absolute atomic E-state index is 5.54. The van der Waals surface area contributed by atoms with Crippen LogP contribution >= 0.6 is 15.9 Å². The maximum atomic E-state index is 5.54. The fourth-order valence-electron chi connectivity index (χ4n) is 4.31. The maximum Gasteiger partial charge on any atom is 0.0474 e. The molecule has 0 amide bonds. The number of hydrogen-bond donors (Lipinski definition) is 0. The van der Waals surface area contributed by atoms with Gasteiger partial charge in [-0.3, -0.25) is 0 Å². The van der Waals surface area contributed by atoms with Gasteiger partial charge >= 0.3 is 0 Å². The molecule has 0 aromatic heterocycles. The molecule has 0 saturated carbocycles. The average Bonchev–Trinajstić information content (AvgIpc) is 2.93. The van der Waals surface area contributed by atoms with Crippen molar-refractivity contribution in [1.29, 1.82) is 0 Å². The molecule has 1 aliphatic rings. The molecule has 0 unspecified atom stereocenters. The van der Waals surface area contributed by atoms with Crippen LogP contribution < -0.4 is 0 Å². The molecular weight excluding hydrogens is 400 g/mol. The van der Waals surface area contributed by atoms with Crippen molar-refractivity contribution in [3.05, 3.63) is 57.6 Å². The summed E-state index contributed by atoms with van der Waals surface area (Å²) in [6.45, 7) is 8.40. The Bertz CT molecular complexity index is 802. The van der Waals surface area contributed by atoms with Crippen molar-refractivity contribution in [2.75, 3.05) is 27.4 Å². The van der Waals surface area contributed by atoms with E-state index in [4.69, 9.17) is 9.47 Å². The predicted octanol–water partition coefficient (Wildman–Crippen LogP) is 6.48. The summed E-state index contributed by atoms with van der Waals surface area (Å²) in [5.74, 6) is 0. The molecule has 0 saturated heterocycles. The second kappa shape index (κ2) is 8.06. The van der Waals surface area contributed by atoms with E-state index in [-0.39, 0.29) is 10.8 Å². The molecule has 0 N–H and O–H groups in total. The van der Waals surface area contributed by atoms with Crippen LogP contribution in [-0.4, -0.2) is 27.4 Å². The standard InChI is InChI=1S/C24H31BrO2/c1-6-23(2,3)17-7-9-19-20-10-8-18(25)16-22(20)24(11-13-26-4,12-14-27-5)21(19)15-17/h7-10,15-16H,6,11-14H2,1-5H3. The van der Waals surface area contributed by atoms with Gasteiger partial charge in [0, 0.05) is 37.3 Å². The first-order valence-electron chi connectivity index (χ1n) is 9.83. The van der Waals surface area contributed by atoms with Crippen LogP contribution in [0.4, 0.5) is 0 Å². The zero-order valence-electron chi connectivity index (χ0n) is 17.2. The molecule has 1 aliphatic carbocycles. The van der Waals surface area contributed by atoms with E-state index in [1.165, 1.54) is 27.8 Å². The van der Waals surface area contributed by atoms with Crippen LogP contribution in [0.25, 0.3) is 11.1 Å². The van der Waals surface area contributed by atoms with E-state index in [9.17, 15) is 0 Å². The lowest BCUT2D eigenvalue weighted by atomic mass is 9.71. The van der Waals surface area contributed by atoms with Gasteiger partial charge in [-0.05, 0) is 64.6 Å². The Morgan fingerprint density at radius 3 is 2.00 bits per heavy atom. The van der Waals surface area contributed by atoms with Crippen molar-refractivity contribution in [1.82, 2.24) is 0 Å². The minimum atomic E-state index is -0.0691. The van der Waals surface area contributed by atoms with Crippen LogP contribution in [0.2, 0.25) is 0 Å². The highest BCUT2D eigenvalue weighted by molar-refractivity contribution is 9.10. The lowest BCUT2D eigenvalue weighted by molar-refractivity contribution is 0.145. The minimum absolute atomic E-state index is 0.0691. The summed E-state index contributed by atoms with van der Waals surface area (Å²) in [5, 5.41) is 0. The van der Waals surface area contributed by atoms with Crippen LogP contribution in [0.5, 0.6) is 0 Å². The number of benzene rings is 2. The average molecular weight is 431 g/mol. The Kier molecular flexibility index (Phi) is 6.14. The summed E-state index contributed by atoms with van der Waals surface area (Å²) in [5.41, 5.74) is 7.05. The number of methoxy groups -OCH3 is 2. The summed E-state index contributed by atoms with van der Waals surface area (Å²) >= 11 is 3.69. The topological polar surface area (TPSA) is 18.5 Å². The largest absolute Gasteiger partial charge is 0.385 e. The number of fused-ring (bicyclic) bond motifs is 3. The Morgan fingerprint density at radius 1 is 0.889 bits per heavy atom. The summed E-state index contributed by atoms with van der Waals surface area (Å²) < 4.78 is 12.2. The second-order valence-corrected chi connectivity index (χ2v) is 9.17. The molecule has 2 aromatic rings. The molecule has 3 heteroatoms. The van der Waals surface area contributed by atoms with E-state index < -0.39 is 0 Å². The Morgan fingerprint density at radius 2 is 1.44 bits per heavy atom. The summed E-state index contributed by atoms with van der Waals surface area (Å²) in [6.07, 6.45) is 3.03. The van der Waals surface area contributed by atoms with E-state index >= 15 is 0 Å². The van der Waals surface area contributed by atoms with Gasteiger partial charge in [0.15, 0.2) is 0 Å². The molecule has 27 heavy (non-hydrogen) atoms. The van der Waals surface area contributed by atoms with Gasteiger partial charge in [-0.15, -0.1) is 0 Å². The normalized spacial score (nSPS) is 14.9. The van der Waals surface area contributed by atoms with E-state index in [0.29, 0.717) is 0 Å². The molecule has 0 spiro atoms. The van der Waals surface area contributed by atoms with Crippen LogP contribution in [0.3, 0.4) is 0 Å². The quantitative estimate of drug-likeness (QED) is 0.477. The molecule has 0 heterocycles. The van der Waals surface area contributed by atoms with Crippen LogP contribution in [0.1, 0.15) is 56.7 Å². The molecule has 3 rings (SSSR count). The van der Waals surface area contributed by atoms with Gasteiger partial charge in [-0.25, -0.2) is 0 Å². The third kappa shape index (κ3) is 3.62. The number of rotatable bonds is 8. The van der Waals surface area contributed by atoms with E-state index in [2.05, 4.69) is 73.1 Å². The van der Waals surface area contributed by atoms with Crippen molar-refractivity contribution in [3.8, 4) is 11.1 Å². The van der Waals surface area contributed by atoms with Gasteiger partial charge < -0.3 is 9.47 Å². The zero-order chi connectivity index (χ0) is 19.7. The van der Waals surface area contributed by atoms with E-state index in [1.54, 1.807) is 14.2 Å². The van der Waals surface area contributed by atoms with Gasteiger partial charge in [-0.2, -0.15) is 0 Å². The van der Waals surface area contributed by atoms with Crippen molar-refractivity contribution in [3.63, 3.8) is 0 Å². The molecule has 146 valence electrons. The number of hydrogen-bond acceptors (Lipinski definition) is 2. The van der Waals surface area contributed by atoms with Crippen molar-refractivity contribution in [2.45, 2.75) is 50.9 Å². The lowest BCUT2D eigenvalue weighted by Crippen LogP contribution is -2.29. The highest BCUT2D eigenvalue weighted by Crippen LogP contribution is 2.54. The fourth-order valence-corrected chi connectivity index (χ4v) is 4.67. The Hall–Kier alpha value is -1.16. The fraction of sp³-hybridized carbons (Fsp3) is 0.500. The molecule has 0 atom stereocenters. The molecule has 0 fully saturated rings. The van der Waals surface area contributed by atoms with Crippen molar-refractivity contribution < 1.29 is 9.47 Å². The smallest absolute Gasteiger partial charge is 0.0474 e. The molecular formula is C24H31BrO2. The number of halogens is 1. The minimum Gasteiger partial charge on any atom is -0.385 e. The van der Waals surface area contributed by atoms with Gasteiger partial charge in [0.2, 0.25) is 0 Å². The van der Waals surface area contributed by atoms with Crippen molar-refractivity contribution in [2.24, 2.45) is 0 Å². The van der Waals surface area contributed by atoms with Crippen LogP contribution in [0.15, 0.2) is 40.9 Å². The SMILES string of the molecule is CCC(C)(C)c1ccc2c(c1)C(CCOC)(CCOC)c1cc(Br)ccc1-2. The molecule has 0 radical (unpaired) electrons. The van der Waals surface area contributed by atoms with Gasteiger partial charge in [0.25, 0.3) is 0 Å². The lowest BCUT2D eigenvalue weighted by Gasteiger charge is -2.33. The van der Waals surface area contributed by atoms with E-state index in [0.717, 1.165) is 36.9 Å². The van der Waals surface area contributed by atoms with Crippen molar-refractivity contribution >= 4 is 15.9 Å². The van der Waals surface area contributed by atoms with Crippen LogP contribution in [0, 0.1) is 0 Å². The molecule has 0 aliphatic heterocycles. The zero-order valence-corrected chi connectivity index (χ0v) is 18.8. The monoisotopic (exact) mass is 430 g/mol. The Balaban J connectivity index is 2.24. The molecule has 2 aromatic carbocycles. The van der Waals surface area contributed by atoms with Gasteiger partial charge in [0.05, 0.1) is 0 Å². The van der Waals surface area contributed by atoms with Crippen LogP contribution in [-0.2, 0) is 20.3 Å². The highest BCUT2D eigenvalue weighted by Gasteiger charge is 2.43. The van der Waals surface area contributed by atoms with E-state index in [1.807, 2.05) is 0 Å². The summed E-state index contributed by atoms with van der Waals surface area (Å²) in [6, 6.07) is 13.8. The highest BCUT2D eigenvalue weighted by atomic mass is 79.9. The first-order chi connectivity index (χ1) is 12.9. The predicted molar refractivity (Wildman–Crippen MR) is 117 cm³/mol.